The molecule has 0 aliphatic carbocycles. The third-order valence-corrected chi connectivity index (χ3v) is 3.97. The van der Waals surface area contributed by atoms with Crippen LogP contribution in [0.2, 0.25) is 0 Å². The number of halogens is 3. The quantitative estimate of drug-likeness (QED) is 0.870. The summed E-state index contributed by atoms with van der Waals surface area (Å²) in [5, 5.41) is 4.08. The number of nitrogens with zero attached hydrogens (tertiary/aromatic N) is 3. The molecule has 0 saturated carbocycles. The van der Waals surface area contributed by atoms with Gasteiger partial charge >= 0.3 is 6.18 Å². The molecule has 1 amide bonds. The number of benzene rings is 1. The summed E-state index contributed by atoms with van der Waals surface area (Å²) >= 11 is 0. The summed E-state index contributed by atoms with van der Waals surface area (Å²) < 4.78 is 40.7. The smallest absolute Gasteiger partial charge is 0.327 e. The lowest BCUT2D eigenvalue weighted by Crippen LogP contribution is -2.44. The first-order valence-electron chi connectivity index (χ1n) is 7.39. The van der Waals surface area contributed by atoms with Gasteiger partial charge < -0.3 is 4.90 Å². The average molecular weight is 323 g/mol. The van der Waals surface area contributed by atoms with Gasteiger partial charge in [0.1, 0.15) is 6.04 Å². The van der Waals surface area contributed by atoms with Crippen LogP contribution < -0.4 is 0 Å². The maximum atomic E-state index is 13.0. The van der Waals surface area contributed by atoms with Gasteiger partial charge in [0.05, 0.1) is 6.54 Å². The maximum Gasteiger partial charge on any atom is 0.408 e. The van der Waals surface area contributed by atoms with Crippen LogP contribution in [0, 0.1) is 0 Å². The van der Waals surface area contributed by atoms with Gasteiger partial charge in [-0.2, -0.15) is 18.3 Å². The Balaban J connectivity index is 1.79. The van der Waals surface area contributed by atoms with Crippen molar-refractivity contribution in [3.63, 3.8) is 0 Å². The Morgan fingerprint density at radius 2 is 2.13 bits per heavy atom. The zero-order chi connectivity index (χ0) is 16.4. The lowest BCUT2D eigenvalue weighted by Gasteiger charge is -2.26. The Morgan fingerprint density at radius 1 is 1.30 bits per heavy atom. The zero-order valence-electron chi connectivity index (χ0n) is 12.3. The molecule has 1 aliphatic rings. The standard InChI is InChI=1S/C16H16F3N3O/c17-16(18,19)14-6-2-9-22(14)15(23)13-5-1-4-12(10-13)11-21-8-3-7-20-21/h1,3-5,7-8,10,14H,2,6,9,11H2. The van der Waals surface area contributed by atoms with E-state index in [-0.39, 0.29) is 18.5 Å². The van der Waals surface area contributed by atoms with Crippen LogP contribution in [0.4, 0.5) is 13.2 Å². The lowest BCUT2D eigenvalue weighted by molar-refractivity contribution is -0.169. The Morgan fingerprint density at radius 3 is 2.83 bits per heavy atom. The first-order valence-corrected chi connectivity index (χ1v) is 7.39. The minimum absolute atomic E-state index is 0.0256. The van der Waals surface area contributed by atoms with E-state index >= 15 is 0 Å². The molecule has 122 valence electrons. The van der Waals surface area contributed by atoms with E-state index in [9.17, 15) is 18.0 Å². The number of rotatable bonds is 3. The van der Waals surface area contributed by atoms with Gasteiger partial charge in [-0.25, -0.2) is 0 Å². The van der Waals surface area contributed by atoms with Gasteiger partial charge in [-0.15, -0.1) is 0 Å². The predicted octanol–water partition coefficient (Wildman–Crippen LogP) is 3.10. The molecule has 23 heavy (non-hydrogen) atoms. The molecule has 0 N–H and O–H groups in total. The molecule has 1 unspecified atom stereocenters. The van der Waals surface area contributed by atoms with Crippen molar-refractivity contribution in [2.24, 2.45) is 0 Å². The molecule has 7 heteroatoms. The number of likely N-dealkylation sites (tertiary alicyclic amines) is 1. The van der Waals surface area contributed by atoms with Crippen LogP contribution in [-0.4, -0.2) is 39.4 Å². The third-order valence-electron chi connectivity index (χ3n) is 3.97. The van der Waals surface area contributed by atoms with Crippen LogP contribution in [-0.2, 0) is 6.54 Å². The fourth-order valence-corrected chi connectivity index (χ4v) is 2.90. The van der Waals surface area contributed by atoms with Crippen molar-refractivity contribution in [2.75, 3.05) is 6.54 Å². The van der Waals surface area contributed by atoms with E-state index in [1.54, 1.807) is 41.3 Å². The minimum atomic E-state index is -4.38. The van der Waals surface area contributed by atoms with Crippen molar-refractivity contribution >= 4 is 5.91 Å². The van der Waals surface area contributed by atoms with Gasteiger partial charge in [0.2, 0.25) is 0 Å². The highest BCUT2D eigenvalue weighted by Gasteiger charge is 2.47. The molecule has 1 aromatic heterocycles. The number of amides is 1. The van der Waals surface area contributed by atoms with Gasteiger partial charge in [-0.1, -0.05) is 12.1 Å². The van der Waals surface area contributed by atoms with Crippen molar-refractivity contribution in [1.29, 1.82) is 0 Å². The predicted molar refractivity (Wildman–Crippen MR) is 77.9 cm³/mol. The molecule has 4 nitrogen and oxygen atoms in total. The van der Waals surface area contributed by atoms with Gasteiger partial charge in [-0.3, -0.25) is 9.48 Å². The van der Waals surface area contributed by atoms with E-state index in [1.165, 1.54) is 0 Å². The number of hydrogen-bond donors (Lipinski definition) is 0. The molecule has 0 radical (unpaired) electrons. The SMILES string of the molecule is O=C(c1cccc(Cn2cccn2)c1)N1CCCC1C(F)(F)F. The Labute approximate surface area is 131 Å². The average Bonchev–Trinajstić information content (AvgIpc) is 3.17. The number of alkyl halides is 3. The van der Waals surface area contributed by atoms with E-state index in [0.29, 0.717) is 13.0 Å². The fraction of sp³-hybridized carbons (Fsp3) is 0.375. The molecule has 1 fully saturated rings. The van der Waals surface area contributed by atoms with E-state index in [4.69, 9.17) is 0 Å². The van der Waals surface area contributed by atoms with Crippen LogP contribution in [0.1, 0.15) is 28.8 Å². The number of carbonyl (C=O) groups is 1. The van der Waals surface area contributed by atoms with Crippen LogP contribution in [0.15, 0.2) is 42.7 Å². The second-order valence-corrected chi connectivity index (χ2v) is 5.60. The Hall–Kier alpha value is -2.31. The molecule has 2 aromatic rings. The summed E-state index contributed by atoms with van der Waals surface area (Å²) in [6.07, 6.45) is -0.592. The second kappa shape index (κ2) is 6.06. The van der Waals surface area contributed by atoms with Crippen LogP contribution >= 0.6 is 0 Å². The van der Waals surface area contributed by atoms with Crippen LogP contribution in [0.3, 0.4) is 0 Å². The monoisotopic (exact) mass is 323 g/mol. The summed E-state index contributed by atoms with van der Waals surface area (Å²) in [6, 6.07) is 6.81. The van der Waals surface area contributed by atoms with Gasteiger partial charge in [0.25, 0.3) is 5.91 Å². The van der Waals surface area contributed by atoms with Crippen molar-refractivity contribution in [3.05, 3.63) is 53.9 Å². The molecular formula is C16H16F3N3O. The summed E-state index contributed by atoms with van der Waals surface area (Å²) in [4.78, 5) is 13.4. The lowest BCUT2D eigenvalue weighted by atomic mass is 10.1. The highest BCUT2D eigenvalue weighted by atomic mass is 19.4. The molecule has 2 heterocycles. The minimum Gasteiger partial charge on any atom is -0.327 e. The largest absolute Gasteiger partial charge is 0.408 e. The Bertz CT molecular complexity index is 682. The summed E-state index contributed by atoms with van der Waals surface area (Å²) in [7, 11) is 0. The van der Waals surface area contributed by atoms with E-state index in [1.807, 2.05) is 6.07 Å². The van der Waals surface area contributed by atoms with Crippen LogP contribution in [0.5, 0.6) is 0 Å². The zero-order valence-corrected chi connectivity index (χ0v) is 12.3. The van der Waals surface area contributed by atoms with Gasteiger partial charge in [0, 0.05) is 24.5 Å². The van der Waals surface area contributed by atoms with Crippen molar-refractivity contribution < 1.29 is 18.0 Å². The molecule has 3 rings (SSSR count). The number of hydrogen-bond acceptors (Lipinski definition) is 2. The fourth-order valence-electron chi connectivity index (χ4n) is 2.90. The van der Waals surface area contributed by atoms with Gasteiger partial charge in [-0.05, 0) is 36.6 Å². The highest BCUT2D eigenvalue weighted by Crippen LogP contribution is 2.33. The molecule has 0 spiro atoms. The number of carbonyl (C=O) groups excluding carboxylic acids is 1. The molecular weight excluding hydrogens is 307 g/mol. The first-order chi connectivity index (χ1) is 10.9. The maximum absolute atomic E-state index is 13.0. The molecule has 1 atom stereocenters. The first kappa shape index (κ1) is 15.6. The Kier molecular flexibility index (Phi) is 4.11. The normalized spacial score (nSPS) is 18.4. The number of aromatic nitrogens is 2. The van der Waals surface area contributed by atoms with E-state index < -0.39 is 18.1 Å². The molecule has 1 aromatic carbocycles. The van der Waals surface area contributed by atoms with Crippen LogP contribution in [0.25, 0.3) is 0 Å². The summed E-state index contributed by atoms with van der Waals surface area (Å²) in [6.45, 7) is 0.614. The summed E-state index contributed by atoms with van der Waals surface area (Å²) in [5.41, 5.74) is 1.10. The molecule has 1 saturated heterocycles. The molecule has 1 aliphatic heterocycles. The van der Waals surface area contributed by atoms with Crippen molar-refractivity contribution in [3.8, 4) is 0 Å². The molecule has 0 bridgehead atoms. The summed E-state index contributed by atoms with van der Waals surface area (Å²) in [5.74, 6) is -0.563. The van der Waals surface area contributed by atoms with E-state index in [0.717, 1.165) is 10.5 Å². The highest BCUT2D eigenvalue weighted by molar-refractivity contribution is 5.94. The van der Waals surface area contributed by atoms with Crippen molar-refractivity contribution in [2.45, 2.75) is 31.6 Å². The van der Waals surface area contributed by atoms with Crippen molar-refractivity contribution in [1.82, 2.24) is 14.7 Å². The second-order valence-electron chi connectivity index (χ2n) is 5.60. The third kappa shape index (κ3) is 3.38. The topological polar surface area (TPSA) is 38.1 Å². The van der Waals surface area contributed by atoms with Gasteiger partial charge in [0.15, 0.2) is 0 Å². The van der Waals surface area contributed by atoms with E-state index in [2.05, 4.69) is 5.10 Å².